The first-order valence-corrected chi connectivity index (χ1v) is 6.27. The van der Waals surface area contributed by atoms with Crippen molar-refractivity contribution in [1.29, 1.82) is 0 Å². The van der Waals surface area contributed by atoms with Gasteiger partial charge in [-0.15, -0.1) is 0 Å². The van der Waals surface area contributed by atoms with Crippen molar-refractivity contribution in [1.82, 2.24) is 0 Å². The third-order valence-corrected chi connectivity index (χ3v) is 3.34. The molecular formula is C15H15NOS. The molecule has 0 radical (unpaired) electrons. The molecule has 1 unspecified atom stereocenters. The van der Waals surface area contributed by atoms with E-state index < -0.39 is 5.25 Å². The Labute approximate surface area is 113 Å². The standard InChI is InChI=1S/C15H15NOS/c1-16(13-10-6-3-7-11-13)15(17)14(18)12-8-4-2-5-9-12/h2-11,14,18H,1H3. The summed E-state index contributed by atoms with van der Waals surface area (Å²) in [7, 11) is 1.77. The molecule has 0 aliphatic rings. The van der Waals surface area contributed by atoms with E-state index in [1.807, 2.05) is 60.7 Å². The number of amides is 1. The van der Waals surface area contributed by atoms with E-state index in [2.05, 4.69) is 12.6 Å². The molecule has 0 fully saturated rings. The van der Waals surface area contributed by atoms with Crippen molar-refractivity contribution in [3.63, 3.8) is 0 Å². The van der Waals surface area contributed by atoms with Crippen LogP contribution >= 0.6 is 12.6 Å². The van der Waals surface area contributed by atoms with Crippen molar-refractivity contribution >= 4 is 24.2 Å². The molecule has 0 N–H and O–H groups in total. The first kappa shape index (κ1) is 12.7. The molecule has 1 amide bonds. The topological polar surface area (TPSA) is 20.3 Å². The van der Waals surface area contributed by atoms with Crippen LogP contribution in [0.15, 0.2) is 60.7 Å². The zero-order chi connectivity index (χ0) is 13.0. The van der Waals surface area contributed by atoms with E-state index in [0.717, 1.165) is 11.3 Å². The van der Waals surface area contributed by atoms with Gasteiger partial charge in [-0.3, -0.25) is 4.79 Å². The summed E-state index contributed by atoms with van der Waals surface area (Å²) in [6.45, 7) is 0. The molecule has 18 heavy (non-hydrogen) atoms. The molecule has 3 heteroatoms. The van der Waals surface area contributed by atoms with E-state index in [-0.39, 0.29) is 5.91 Å². The molecule has 2 nitrogen and oxygen atoms in total. The van der Waals surface area contributed by atoms with Crippen LogP contribution in [0, 0.1) is 0 Å². The fourth-order valence-corrected chi connectivity index (χ4v) is 2.09. The first-order chi connectivity index (χ1) is 8.70. The first-order valence-electron chi connectivity index (χ1n) is 5.76. The zero-order valence-electron chi connectivity index (χ0n) is 10.2. The van der Waals surface area contributed by atoms with Gasteiger partial charge in [0.05, 0.1) is 0 Å². The van der Waals surface area contributed by atoms with Crippen LogP contribution in [0.3, 0.4) is 0 Å². The summed E-state index contributed by atoms with van der Waals surface area (Å²) < 4.78 is 0. The molecule has 0 aromatic heterocycles. The highest BCUT2D eigenvalue weighted by molar-refractivity contribution is 7.81. The molecule has 0 aliphatic heterocycles. The summed E-state index contributed by atoms with van der Waals surface area (Å²) >= 11 is 4.41. The van der Waals surface area contributed by atoms with Crippen LogP contribution in [0.1, 0.15) is 10.8 Å². The third kappa shape index (κ3) is 2.74. The number of carbonyl (C=O) groups is 1. The lowest BCUT2D eigenvalue weighted by Crippen LogP contribution is -2.29. The number of anilines is 1. The van der Waals surface area contributed by atoms with Crippen LogP contribution in [0.5, 0.6) is 0 Å². The van der Waals surface area contributed by atoms with Gasteiger partial charge in [0.25, 0.3) is 0 Å². The summed E-state index contributed by atoms with van der Waals surface area (Å²) in [4.78, 5) is 13.9. The van der Waals surface area contributed by atoms with E-state index in [4.69, 9.17) is 0 Å². The number of hydrogen-bond donors (Lipinski definition) is 1. The largest absolute Gasteiger partial charge is 0.314 e. The number of likely N-dealkylation sites (N-methyl/N-ethyl adjacent to an activating group) is 1. The minimum atomic E-state index is -0.434. The second-order valence-electron chi connectivity index (χ2n) is 4.05. The Kier molecular flexibility index (Phi) is 4.05. The van der Waals surface area contributed by atoms with Crippen LogP contribution in [-0.2, 0) is 4.79 Å². The monoisotopic (exact) mass is 257 g/mol. The molecule has 0 spiro atoms. The highest BCUT2D eigenvalue weighted by Crippen LogP contribution is 2.24. The van der Waals surface area contributed by atoms with Gasteiger partial charge in [-0.05, 0) is 17.7 Å². The number of nitrogens with zero attached hydrogens (tertiary/aromatic N) is 1. The van der Waals surface area contributed by atoms with Crippen LogP contribution in [0.25, 0.3) is 0 Å². The number of thiol groups is 1. The molecule has 2 aromatic rings. The quantitative estimate of drug-likeness (QED) is 0.836. The van der Waals surface area contributed by atoms with Gasteiger partial charge in [0, 0.05) is 12.7 Å². The van der Waals surface area contributed by atoms with Crippen molar-refractivity contribution in [3.8, 4) is 0 Å². The second kappa shape index (κ2) is 5.74. The van der Waals surface area contributed by atoms with E-state index in [9.17, 15) is 4.79 Å². The van der Waals surface area contributed by atoms with Crippen molar-refractivity contribution < 1.29 is 4.79 Å². The highest BCUT2D eigenvalue weighted by atomic mass is 32.1. The Hall–Kier alpha value is -1.74. The molecule has 0 saturated heterocycles. The predicted molar refractivity (Wildman–Crippen MR) is 78.0 cm³/mol. The highest BCUT2D eigenvalue weighted by Gasteiger charge is 2.20. The van der Waals surface area contributed by atoms with Crippen molar-refractivity contribution in [2.24, 2.45) is 0 Å². The molecule has 0 heterocycles. The van der Waals surface area contributed by atoms with Crippen LogP contribution in [0.4, 0.5) is 5.69 Å². The predicted octanol–water partition coefficient (Wildman–Crippen LogP) is 3.32. The van der Waals surface area contributed by atoms with Gasteiger partial charge in [-0.2, -0.15) is 12.6 Å². The fraction of sp³-hybridized carbons (Fsp3) is 0.133. The Bertz CT molecular complexity index is 465. The minimum Gasteiger partial charge on any atom is -0.314 e. The molecule has 2 rings (SSSR count). The summed E-state index contributed by atoms with van der Waals surface area (Å²) in [5.74, 6) is -0.0317. The number of para-hydroxylation sites is 1. The maximum Gasteiger partial charge on any atom is 0.244 e. The van der Waals surface area contributed by atoms with E-state index >= 15 is 0 Å². The lowest BCUT2D eigenvalue weighted by Gasteiger charge is -2.21. The zero-order valence-corrected chi connectivity index (χ0v) is 11.0. The van der Waals surface area contributed by atoms with Gasteiger partial charge >= 0.3 is 0 Å². The molecule has 1 atom stereocenters. The summed E-state index contributed by atoms with van der Waals surface area (Å²) in [5.41, 5.74) is 1.78. The maximum atomic E-state index is 12.3. The SMILES string of the molecule is CN(C(=O)C(S)c1ccccc1)c1ccccc1. The van der Waals surface area contributed by atoms with Crippen molar-refractivity contribution in [3.05, 3.63) is 66.2 Å². The Morgan fingerprint density at radius 1 is 1.00 bits per heavy atom. The number of benzene rings is 2. The van der Waals surface area contributed by atoms with Crippen molar-refractivity contribution in [2.75, 3.05) is 11.9 Å². The van der Waals surface area contributed by atoms with Crippen LogP contribution < -0.4 is 4.90 Å². The number of rotatable bonds is 3. The average Bonchev–Trinajstić information content (AvgIpc) is 2.47. The molecule has 0 bridgehead atoms. The normalized spacial score (nSPS) is 11.9. The Morgan fingerprint density at radius 2 is 1.50 bits per heavy atom. The summed E-state index contributed by atoms with van der Waals surface area (Å²) in [5, 5.41) is -0.434. The minimum absolute atomic E-state index is 0.0317. The van der Waals surface area contributed by atoms with Gasteiger partial charge in [0.2, 0.25) is 5.91 Å². The average molecular weight is 257 g/mol. The van der Waals surface area contributed by atoms with Gasteiger partial charge in [0.15, 0.2) is 0 Å². The van der Waals surface area contributed by atoms with Crippen molar-refractivity contribution in [2.45, 2.75) is 5.25 Å². The molecule has 2 aromatic carbocycles. The lowest BCUT2D eigenvalue weighted by atomic mass is 10.1. The Morgan fingerprint density at radius 3 is 2.06 bits per heavy atom. The van der Waals surface area contributed by atoms with Crippen LogP contribution in [0.2, 0.25) is 0 Å². The third-order valence-electron chi connectivity index (χ3n) is 2.82. The van der Waals surface area contributed by atoms with Gasteiger partial charge in [-0.25, -0.2) is 0 Å². The summed E-state index contributed by atoms with van der Waals surface area (Å²) in [6.07, 6.45) is 0. The Balaban J connectivity index is 2.17. The van der Waals surface area contributed by atoms with E-state index in [1.54, 1.807) is 11.9 Å². The molecule has 0 saturated carbocycles. The van der Waals surface area contributed by atoms with Gasteiger partial charge in [0.1, 0.15) is 5.25 Å². The fourth-order valence-electron chi connectivity index (χ4n) is 1.74. The molecular weight excluding hydrogens is 242 g/mol. The van der Waals surface area contributed by atoms with Gasteiger partial charge in [-0.1, -0.05) is 48.5 Å². The molecule has 92 valence electrons. The number of carbonyl (C=O) groups excluding carboxylic acids is 1. The van der Waals surface area contributed by atoms with Gasteiger partial charge < -0.3 is 4.90 Å². The summed E-state index contributed by atoms with van der Waals surface area (Å²) in [6, 6.07) is 19.1. The van der Waals surface area contributed by atoms with E-state index in [1.165, 1.54) is 0 Å². The maximum absolute atomic E-state index is 12.3. The van der Waals surface area contributed by atoms with E-state index in [0.29, 0.717) is 0 Å². The smallest absolute Gasteiger partial charge is 0.244 e. The van der Waals surface area contributed by atoms with Crippen LogP contribution in [-0.4, -0.2) is 13.0 Å². The lowest BCUT2D eigenvalue weighted by molar-refractivity contribution is -0.117. The second-order valence-corrected chi connectivity index (χ2v) is 4.56. The molecule has 0 aliphatic carbocycles. The number of hydrogen-bond acceptors (Lipinski definition) is 2.